The number of ketones is 1. The van der Waals surface area contributed by atoms with E-state index in [1.807, 2.05) is 32.5 Å². The molecule has 0 aromatic heterocycles. The molecule has 0 aliphatic heterocycles. The fraction of sp³-hybridized carbons (Fsp3) is 0.750. The molecule has 0 N–H and O–H groups in total. The smallest absolute Gasteiger partial charge is 0.156 e. The summed E-state index contributed by atoms with van der Waals surface area (Å²) < 4.78 is 1.98. The number of Topliss-reactive ketones (excluding diaryl/α,β-unsaturated/α-hetero) is 1. The van der Waals surface area contributed by atoms with Crippen molar-refractivity contribution >= 4 is 11.5 Å². The van der Waals surface area contributed by atoms with Gasteiger partial charge in [-0.25, -0.2) is 4.58 Å². The second kappa shape index (κ2) is 4.20. The van der Waals surface area contributed by atoms with Gasteiger partial charge in [0.15, 0.2) is 5.71 Å². The Morgan fingerprint density at radius 1 is 1.40 bits per heavy atom. The molecule has 0 rings (SSSR count). The summed E-state index contributed by atoms with van der Waals surface area (Å²) in [6, 6.07) is 0. The van der Waals surface area contributed by atoms with E-state index in [2.05, 4.69) is 0 Å². The Morgan fingerprint density at radius 3 is 2.20 bits per heavy atom. The van der Waals surface area contributed by atoms with E-state index in [0.29, 0.717) is 18.6 Å². The molecule has 58 valence electrons. The third-order valence-corrected chi connectivity index (χ3v) is 1.61. The second-order valence-corrected chi connectivity index (χ2v) is 2.70. The van der Waals surface area contributed by atoms with Crippen molar-refractivity contribution in [2.75, 3.05) is 14.1 Å². The van der Waals surface area contributed by atoms with Crippen molar-refractivity contribution in [1.82, 2.24) is 0 Å². The van der Waals surface area contributed by atoms with Crippen molar-refractivity contribution in [2.45, 2.75) is 26.7 Å². The van der Waals surface area contributed by atoms with Crippen LogP contribution in [0, 0.1) is 0 Å². The Kier molecular flexibility index (Phi) is 3.93. The molecule has 0 aliphatic carbocycles. The van der Waals surface area contributed by atoms with Gasteiger partial charge in [-0.2, -0.15) is 0 Å². The van der Waals surface area contributed by atoms with Crippen LogP contribution < -0.4 is 0 Å². The zero-order chi connectivity index (χ0) is 8.15. The topological polar surface area (TPSA) is 20.1 Å². The molecule has 0 saturated heterocycles. The zero-order valence-corrected chi connectivity index (χ0v) is 7.27. The molecule has 0 unspecified atom stereocenters. The molecule has 0 radical (unpaired) electrons. The highest BCUT2D eigenvalue weighted by atomic mass is 16.1. The first-order valence-electron chi connectivity index (χ1n) is 3.59. The molecule has 10 heavy (non-hydrogen) atoms. The molecule has 2 heteroatoms. The average Bonchev–Trinajstić information content (AvgIpc) is 1.87. The second-order valence-electron chi connectivity index (χ2n) is 2.70. The van der Waals surface area contributed by atoms with Crippen LogP contribution in [0.15, 0.2) is 0 Å². The summed E-state index contributed by atoms with van der Waals surface area (Å²) in [6.45, 7) is 3.87. The van der Waals surface area contributed by atoms with Crippen LogP contribution >= 0.6 is 0 Å². The fourth-order valence-corrected chi connectivity index (χ4v) is 0.568. The largest absolute Gasteiger partial charge is 0.299 e. The van der Waals surface area contributed by atoms with E-state index < -0.39 is 0 Å². The Hall–Kier alpha value is -0.660. The van der Waals surface area contributed by atoms with E-state index in [1.54, 1.807) is 0 Å². The van der Waals surface area contributed by atoms with Crippen LogP contribution in [0.3, 0.4) is 0 Å². The maximum atomic E-state index is 10.9. The predicted molar refractivity (Wildman–Crippen MR) is 42.7 cm³/mol. The van der Waals surface area contributed by atoms with Crippen LogP contribution in [0.4, 0.5) is 0 Å². The SMILES string of the molecule is CCC(=O)CC(C)=[N+](C)C. The van der Waals surface area contributed by atoms with Crippen molar-refractivity contribution in [3.05, 3.63) is 0 Å². The zero-order valence-electron chi connectivity index (χ0n) is 7.27. The lowest BCUT2D eigenvalue weighted by molar-refractivity contribution is -0.465. The maximum Gasteiger partial charge on any atom is 0.156 e. The minimum atomic E-state index is 0.311. The molecule has 0 amide bonds. The molecule has 0 heterocycles. The van der Waals surface area contributed by atoms with Gasteiger partial charge in [0, 0.05) is 13.3 Å². The summed E-state index contributed by atoms with van der Waals surface area (Å²) in [4.78, 5) is 10.9. The Bertz CT molecular complexity index is 155. The molecule has 0 saturated carbocycles. The van der Waals surface area contributed by atoms with Gasteiger partial charge in [-0.3, -0.25) is 4.79 Å². The van der Waals surface area contributed by atoms with Gasteiger partial charge in [0.1, 0.15) is 19.9 Å². The highest BCUT2D eigenvalue weighted by Gasteiger charge is 2.05. The van der Waals surface area contributed by atoms with Crippen molar-refractivity contribution < 1.29 is 9.37 Å². The summed E-state index contributed by atoms with van der Waals surface area (Å²) in [5.74, 6) is 0.311. The lowest BCUT2D eigenvalue weighted by Gasteiger charge is -1.94. The van der Waals surface area contributed by atoms with Crippen LogP contribution in [-0.4, -0.2) is 30.2 Å². The molecule has 0 atom stereocenters. The molecule has 0 aliphatic rings. The Labute approximate surface area is 62.6 Å². The number of hydrogen-bond acceptors (Lipinski definition) is 1. The van der Waals surface area contributed by atoms with Crippen LogP contribution in [0.2, 0.25) is 0 Å². The first-order chi connectivity index (χ1) is 4.57. The molecular formula is C8H16NO+. The van der Waals surface area contributed by atoms with Crippen molar-refractivity contribution in [3.8, 4) is 0 Å². The lowest BCUT2D eigenvalue weighted by Crippen LogP contribution is -2.13. The summed E-state index contributed by atoms with van der Waals surface area (Å²) in [6.07, 6.45) is 1.24. The van der Waals surface area contributed by atoms with Crippen LogP contribution in [0.25, 0.3) is 0 Å². The third kappa shape index (κ3) is 3.38. The van der Waals surface area contributed by atoms with Gasteiger partial charge in [-0.05, 0) is 0 Å². The quantitative estimate of drug-likeness (QED) is 0.426. The summed E-state index contributed by atoms with van der Waals surface area (Å²) in [5.41, 5.74) is 1.13. The molecule has 0 spiro atoms. The van der Waals surface area contributed by atoms with Gasteiger partial charge in [-0.1, -0.05) is 6.92 Å². The number of hydrogen-bond donors (Lipinski definition) is 0. The first-order valence-corrected chi connectivity index (χ1v) is 3.59. The third-order valence-electron chi connectivity index (χ3n) is 1.61. The molecule has 2 nitrogen and oxygen atoms in total. The highest BCUT2D eigenvalue weighted by molar-refractivity contribution is 5.98. The van der Waals surface area contributed by atoms with E-state index in [9.17, 15) is 4.79 Å². The van der Waals surface area contributed by atoms with E-state index in [4.69, 9.17) is 0 Å². The van der Waals surface area contributed by atoms with Gasteiger partial charge >= 0.3 is 0 Å². The molecule has 0 fully saturated rings. The van der Waals surface area contributed by atoms with E-state index in [0.717, 1.165) is 5.71 Å². The highest BCUT2D eigenvalue weighted by Crippen LogP contribution is 1.90. The standard InChI is InChI=1S/C8H16NO/c1-5-8(10)6-7(2)9(3)4/h5-6H2,1-4H3/q+1. The Balaban J connectivity index is 3.92. The summed E-state index contributed by atoms with van der Waals surface area (Å²) >= 11 is 0. The summed E-state index contributed by atoms with van der Waals surface area (Å²) in [5, 5.41) is 0. The number of nitrogens with zero attached hydrogens (tertiary/aromatic N) is 1. The normalized spacial score (nSPS) is 9.20. The van der Waals surface area contributed by atoms with Crippen LogP contribution in [0.5, 0.6) is 0 Å². The van der Waals surface area contributed by atoms with Crippen molar-refractivity contribution in [1.29, 1.82) is 0 Å². The van der Waals surface area contributed by atoms with E-state index in [1.165, 1.54) is 0 Å². The lowest BCUT2D eigenvalue weighted by atomic mass is 10.2. The minimum absolute atomic E-state index is 0.311. The maximum absolute atomic E-state index is 10.9. The van der Waals surface area contributed by atoms with Gasteiger partial charge in [-0.15, -0.1) is 0 Å². The number of rotatable bonds is 3. The number of carbonyl (C=O) groups is 1. The monoisotopic (exact) mass is 142 g/mol. The Morgan fingerprint density at radius 2 is 1.90 bits per heavy atom. The van der Waals surface area contributed by atoms with Crippen LogP contribution in [0.1, 0.15) is 26.7 Å². The van der Waals surface area contributed by atoms with Gasteiger partial charge in [0.05, 0.1) is 6.42 Å². The van der Waals surface area contributed by atoms with Crippen molar-refractivity contribution in [2.24, 2.45) is 0 Å². The molecule has 0 aromatic rings. The average molecular weight is 142 g/mol. The van der Waals surface area contributed by atoms with Gasteiger partial charge in [0.2, 0.25) is 0 Å². The molecule has 0 aromatic carbocycles. The summed E-state index contributed by atoms with van der Waals surface area (Å²) in [7, 11) is 3.91. The van der Waals surface area contributed by atoms with Gasteiger partial charge < -0.3 is 0 Å². The molecular weight excluding hydrogens is 126 g/mol. The molecule has 0 bridgehead atoms. The van der Waals surface area contributed by atoms with E-state index >= 15 is 0 Å². The van der Waals surface area contributed by atoms with Crippen molar-refractivity contribution in [3.63, 3.8) is 0 Å². The number of carbonyl (C=O) groups excluding carboxylic acids is 1. The van der Waals surface area contributed by atoms with E-state index in [-0.39, 0.29) is 0 Å². The first kappa shape index (κ1) is 9.34. The van der Waals surface area contributed by atoms with Crippen LogP contribution in [-0.2, 0) is 4.79 Å². The van der Waals surface area contributed by atoms with Gasteiger partial charge in [0.25, 0.3) is 0 Å². The minimum Gasteiger partial charge on any atom is -0.299 e. The predicted octanol–water partition coefficient (Wildman–Crippen LogP) is 1.09. The fourth-order valence-electron chi connectivity index (χ4n) is 0.568.